The number of carbonyl (C=O) groups excluding carboxylic acids is 1. The van der Waals surface area contributed by atoms with Gasteiger partial charge in [-0.05, 0) is 58.3 Å². The number of hydrogen-bond acceptors (Lipinski definition) is 2. The molecule has 0 aromatic heterocycles. The third-order valence-corrected chi connectivity index (χ3v) is 3.07. The fraction of sp³-hybridized carbons (Fsp3) is 0.929. The van der Waals surface area contributed by atoms with Crippen LogP contribution in [-0.4, -0.2) is 17.7 Å². The summed E-state index contributed by atoms with van der Waals surface area (Å²) < 4.78 is 5.27. The first-order valence-electron chi connectivity index (χ1n) is 6.76. The van der Waals surface area contributed by atoms with Gasteiger partial charge in [0.1, 0.15) is 5.60 Å². The second-order valence-electron chi connectivity index (χ2n) is 6.65. The smallest absolute Gasteiger partial charge is 0.407 e. The molecule has 17 heavy (non-hydrogen) atoms. The number of ether oxygens (including phenoxy) is 1. The molecule has 1 aliphatic carbocycles. The maximum atomic E-state index is 11.6. The minimum Gasteiger partial charge on any atom is -0.444 e. The maximum absolute atomic E-state index is 11.6. The fourth-order valence-electron chi connectivity index (χ4n) is 2.56. The van der Waals surface area contributed by atoms with Crippen LogP contribution in [0.3, 0.4) is 0 Å². The van der Waals surface area contributed by atoms with Gasteiger partial charge in [-0.25, -0.2) is 4.79 Å². The number of hydrogen-bond donors (Lipinski definition) is 1. The van der Waals surface area contributed by atoms with Gasteiger partial charge < -0.3 is 10.1 Å². The second-order valence-corrected chi connectivity index (χ2v) is 6.65. The van der Waals surface area contributed by atoms with Crippen LogP contribution in [0.2, 0.25) is 0 Å². The lowest BCUT2D eigenvalue weighted by Gasteiger charge is -2.22. The molecule has 3 nitrogen and oxygen atoms in total. The number of amides is 1. The zero-order valence-corrected chi connectivity index (χ0v) is 11.9. The summed E-state index contributed by atoms with van der Waals surface area (Å²) in [6.45, 7) is 10.2. The van der Waals surface area contributed by atoms with E-state index in [0.29, 0.717) is 6.04 Å². The lowest BCUT2D eigenvalue weighted by Crippen LogP contribution is -2.37. The Hall–Kier alpha value is -0.730. The summed E-state index contributed by atoms with van der Waals surface area (Å²) in [4.78, 5) is 11.6. The van der Waals surface area contributed by atoms with Crippen molar-refractivity contribution in [1.82, 2.24) is 5.32 Å². The number of nitrogens with one attached hydrogen (secondary N) is 1. The first-order chi connectivity index (χ1) is 7.76. The highest BCUT2D eigenvalue weighted by molar-refractivity contribution is 5.68. The van der Waals surface area contributed by atoms with E-state index in [0.717, 1.165) is 24.7 Å². The molecule has 0 aromatic rings. The highest BCUT2D eigenvalue weighted by Gasteiger charge is 2.27. The van der Waals surface area contributed by atoms with Gasteiger partial charge in [-0.3, -0.25) is 0 Å². The van der Waals surface area contributed by atoms with E-state index >= 15 is 0 Å². The van der Waals surface area contributed by atoms with Crippen molar-refractivity contribution < 1.29 is 9.53 Å². The van der Waals surface area contributed by atoms with Gasteiger partial charge in [-0.2, -0.15) is 0 Å². The lowest BCUT2D eigenvalue weighted by molar-refractivity contribution is 0.0504. The van der Waals surface area contributed by atoms with Crippen LogP contribution in [0.15, 0.2) is 0 Å². The summed E-state index contributed by atoms with van der Waals surface area (Å²) in [6, 6.07) is 0.314. The summed E-state index contributed by atoms with van der Waals surface area (Å²) >= 11 is 0. The van der Waals surface area contributed by atoms with E-state index in [9.17, 15) is 4.79 Å². The van der Waals surface area contributed by atoms with E-state index in [1.165, 1.54) is 12.8 Å². The van der Waals surface area contributed by atoms with Crippen molar-refractivity contribution in [2.75, 3.05) is 0 Å². The molecule has 1 N–H and O–H groups in total. The van der Waals surface area contributed by atoms with Crippen molar-refractivity contribution in [2.45, 2.75) is 71.9 Å². The Morgan fingerprint density at radius 1 is 1.35 bits per heavy atom. The van der Waals surface area contributed by atoms with Gasteiger partial charge in [-0.15, -0.1) is 0 Å². The van der Waals surface area contributed by atoms with Crippen LogP contribution in [0, 0.1) is 11.8 Å². The van der Waals surface area contributed by atoms with Gasteiger partial charge >= 0.3 is 6.09 Å². The molecule has 1 fully saturated rings. The van der Waals surface area contributed by atoms with Gasteiger partial charge in [0, 0.05) is 6.04 Å². The molecule has 1 saturated carbocycles. The third-order valence-electron chi connectivity index (χ3n) is 3.07. The van der Waals surface area contributed by atoms with E-state index in [-0.39, 0.29) is 6.09 Å². The average molecular weight is 241 g/mol. The first-order valence-corrected chi connectivity index (χ1v) is 6.76. The van der Waals surface area contributed by atoms with E-state index in [4.69, 9.17) is 4.74 Å². The van der Waals surface area contributed by atoms with Crippen molar-refractivity contribution in [1.29, 1.82) is 0 Å². The van der Waals surface area contributed by atoms with E-state index < -0.39 is 5.60 Å². The molecule has 2 atom stereocenters. The van der Waals surface area contributed by atoms with Gasteiger partial charge in [0.25, 0.3) is 0 Å². The normalized spacial score (nSPS) is 25.1. The summed E-state index contributed by atoms with van der Waals surface area (Å²) in [5.74, 6) is 1.52. The quantitative estimate of drug-likeness (QED) is 0.817. The zero-order chi connectivity index (χ0) is 13.1. The maximum Gasteiger partial charge on any atom is 0.407 e. The van der Waals surface area contributed by atoms with Crippen molar-refractivity contribution in [2.24, 2.45) is 11.8 Å². The standard InChI is InChI=1S/C14H27NO2/c1-10(2)8-11-6-7-12(9-11)15-13(16)17-14(3,4)5/h10-12H,6-9H2,1-5H3,(H,15,16). The molecule has 0 aromatic carbocycles. The van der Waals surface area contributed by atoms with E-state index in [2.05, 4.69) is 19.2 Å². The minimum absolute atomic E-state index is 0.271. The van der Waals surface area contributed by atoms with Crippen LogP contribution in [-0.2, 0) is 4.74 Å². The highest BCUT2D eigenvalue weighted by Crippen LogP contribution is 2.30. The second kappa shape index (κ2) is 5.74. The Kier molecular flexibility index (Phi) is 4.84. The predicted octanol–water partition coefficient (Wildman–Crippen LogP) is 3.73. The third kappa shape index (κ3) is 5.94. The van der Waals surface area contributed by atoms with Crippen LogP contribution in [0.4, 0.5) is 4.79 Å². The fourth-order valence-corrected chi connectivity index (χ4v) is 2.56. The average Bonchev–Trinajstić information content (AvgIpc) is 2.46. The molecule has 2 unspecified atom stereocenters. The van der Waals surface area contributed by atoms with Crippen molar-refractivity contribution in [3.8, 4) is 0 Å². The van der Waals surface area contributed by atoms with Crippen LogP contribution < -0.4 is 5.32 Å². The number of rotatable bonds is 3. The van der Waals surface area contributed by atoms with Gasteiger partial charge in [0.2, 0.25) is 0 Å². The van der Waals surface area contributed by atoms with Crippen LogP contribution in [0.5, 0.6) is 0 Å². The van der Waals surface area contributed by atoms with Crippen LogP contribution >= 0.6 is 0 Å². The monoisotopic (exact) mass is 241 g/mol. The molecule has 3 heteroatoms. The SMILES string of the molecule is CC(C)CC1CCC(NC(=O)OC(C)(C)C)C1. The molecule has 0 heterocycles. The molecule has 0 aliphatic heterocycles. The molecule has 100 valence electrons. The minimum atomic E-state index is -0.403. The molecule has 0 saturated heterocycles. The van der Waals surface area contributed by atoms with Crippen LogP contribution in [0.1, 0.15) is 60.3 Å². The Balaban J connectivity index is 2.28. The summed E-state index contributed by atoms with van der Waals surface area (Å²) in [5, 5.41) is 2.98. The lowest BCUT2D eigenvalue weighted by atomic mass is 9.96. The van der Waals surface area contributed by atoms with E-state index in [1.54, 1.807) is 0 Å². The topological polar surface area (TPSA) is 38.3 Å². The Morgan fingerprint density at radius 2 is 2.00 bits per heavy atom. The summed E-state index contributed by atoms with van der Waals surface area (Å²) in [6.07, 6.45) is 4.44. The molecule has 0 spiro atoms. The molecular formula is C14H27NO2. The first kappa shape index (κ1) is 14.3. The molecule has 1 aliphatic rings. The highest BCUT2D eigenvalue weighted by atomic mass is 16.6. The molecule has 0 radical (unpaired) electrons. The molecule has 0 bridgehead atoms. The Labute approximate surface area is 105 Å². The zero-order valence-electron chi connectivity index (χ0n) is 11.9. The van der Waals surface area contributed by atoms with E-state index in [1.807, 2.05) is 20.8 Å². The van der Waals surface area contributed by atoms with Crippen molar-refractivity contribution >= 4 is 6.09 Å². The molecule has 1 rings (SSSR count). The molecule has 1 amide bonds. The Bertz CT molecular complexity index is 255. The largest absolute Gasteiger partial charge is 0.444 e. The van der Waals surface area contributed by atoms with Gasteiger partial charge in [0.05, 0.1) is 0 Å². The molecular weight excluding hydrogens is 214 g/mol. The van der Waals surface area contributed by atoms with Crippen LogP contribution in [0.25, 0.3) is 0 Å². The summed E-state index contributed by atoms with van der Waals surface area (Å²) in [5.41, 5.74) is -0.403. The predicted molar refractivity (Wildman–Crippen MR) is 70.0 cm³/mol. The summed E-state index contributed by atoms with van der Waals surface area (Å²) in [7, 11) is 0. The number of alkyl carbamates (subject to hydrolysis) is 1. The van der Waals surface area contributed by atoms with Crippen molar-refractivity contribution in [3.63, 3.8) is 0 Å². The number of carbonyl (C=O) groups is 1. The Morgan fingerprint density at radius 3 is 2.53 bits per heavy atom. The van der Waals surface area contributed by atoms with Crippen molar-refractivity contribution in [3.05, 3.63) is 0 Å². The van der Waals surface area contributed by atoms with Gasteiger partial charge in [-0.1, -0.05) is 13.8 Å². The van der Waals surface area contributed by atoms with Gasteiger partial charge in [0.15, 0.2) is 0 Å².